The minimum Gasteiger partial charge on any atom is -0.478 e. The second-order valence-corrected chi connectivity index (χ2v) is 7.26. The standard InChI is InChI=1S/C22H14ClNO2S/c23-19-7-11-21(12-8-19)27-20-9-1-15(2-10-20)13-18(14-24)16-3-5-17(6-4-16)22(25)26/h1-13H,(H,25,26)/b18-13-. The first-order valence-corrected chi connectivity index (χ1v) is 9.23. The maximum Gasteiger partial charge on any atom is 0.335 e. The zero-order valence-electron chi connectivity index (χ0n) is 14.1. The van der Waals surface area contributed by atoms with Crippen LogP contribution >= 0.6 is 23.4 Å². The zero-order valence-corrected chi connectivity index (χ0v) is 15.7. The fraction of sp³-hybridized carbons (Fsp3) is 0. The molecule has 132 valence electrons. The van der Waals surface area contributed by atoms with E-state index in [4.69, 9.17) is 16.7 Å². The van der Waals surface area contributed by atoms with Gasteiger partial charge in [0.2, 0.25) is 0 Å². The highest BCUT2D eigenvalue weighted by molar-refractivity contribution is 7.99. The maximum atomic E-state index is 10.9. The van der Waals surface area contributed by atoms with E-state index in [0.717, 1.165) is 15.4 Å². The van der Waals surface area contributed by atoms with Gasteiger partial charge in [-0.2, -0.15) is 5.26 Å². The summed E-state index contributed by atoms with van der Waals surface area (Å²) < 4.78 is 0. The summed E-state index contributed by atoms with van der Waals surface area (Å²) in [6.07, 6.45) is 1.78. The Morgan fingerprint density at radius 3 is 1.93 bits per heavy atom. The maximum absolute atomic E-state index is 10.9. The number of carboxylic acids is 1. The van der Waals surface area contributed by atoms with Gasteiger partial charge in [-0.3, -0.25) is 0 Å². The largest absolute Gasteiger partial charge is 0.478 e. The monoisotopic (exact) mass is 391 g/mol. The van der Waals surface area contributed by atoms with Crippen LogP contribution in [0.3, 0.4) is 0 Å². The third-order valence-corrected chi connectivity index (χ3v) is 5.07. The van der Waals surface area contributed by atoms with Crippen molar-refractivity contribution in [1.82, 2.24) is 0 Å². The lowest BCUT2D eigenvalue weighted by Crippen LogP contribution is -1.95. The van der Waals surface area contributed by atoms with Crippen molar-refractivity contribution in [3.8, 4) is 6.07 Å². The summed E-state index contributed by atoms with van der Waals surface area (Å²) in [5, 5.41) is 19.1. The van der Waals surface area contributed by atoms with Gasteiger partial charge in [-0.25, -0.2) is 4.79 Å². The molecule has 0 fully saturated rings. The molecule has 3 nitrogen and oxygen atoms in total. The molecule has 0 heterocycles. The quantitative estimate of drug-likeness (QED) is 0.412. The fourth-order valence-corrected chi connectivity index (χ4v) is 3.35. The molecular weight excluding hydrogens is 378 g/mol. The van der Waals surface area contributed by atoms with Crippen molar-refractivity contribution >= 4 is 41.0 Å². The number of nitriles is 1. The number of nitrogens with zero attached hydrogens (tertiary/aromatic N) is 1. The van der Waals surface area contributed by atoms with Crippen molar-refractivity contribution in [3.05, 3.63) is 94.5 Å². The van der Waals surface area contributed by atoms with Gasteiger partial charge in [0, 0.05) is 14.8 Å². The van der Waals surface area contributed by atoms with Crippen LogP contribution < -0.4 is 0 Å². The Labute approximate surface area is 166 Å². The van der Waals surface area contributed by atoms with E-state index in [0.29, 0.717) is 16.2 Å². The molecule has 27 heavy (non-hydrogen) atoms. The average molecular weight is 392 g/mol. The van der Waals surface area contributed by atoms with Crippen molar-refractivity contribution in [2.45, 2.75) is 9.79 Å². The van der Waals surface area contributed by atoms with Crippen LogP contribution in [-0.2, 0) is 0 Å². The molecule has 0 aromatic heterocycles. The van der Waals surface area contributed by atoms with Gasteiger partial charge in [-0.1, -0.05) is 47.6 Å². The normalized spacial score (nSPS) is 11.0. The molecule has 0 atom stereocenters. The molecule has 0 saturated heterocycles. The van der Waals surface area contributed by atoms with Gasteiger partial charge in [0.25, 0.3) is 0 Å². The lowest BCUT2D eigenvalue weighted by molar-refractivity contribution is 0.0697. The predicted molar refractivity (Wildman–Crippen MR) is 109 cm³/mol. The molecule has 0 aliphatic carbocycles. The fourth-order valence-electron chi connectivity index (χ4n) is 2.41. The van der Waals surface area contributed by atoms with E-state index in [1.165, 1.54) is 12.1 Å². The molecule has 5 heteroatoms. The van der Waals surface area contributed by atoms with Crippen LogP contribution in [-0.4, -0.2) is 11.1 Å². The third-order valence-electron chi connectivity index (χ3n) is 3.80. The SMILES string of the molecule is N#C/C(=C/c1ccc(Sc2ccc(Cl)cc2)cc1)c1ccc(C(=O)O)cc1. The molecule has 3 aromatic carbocycles. The number of hydrogen-bond donors (Lipinski definition) is 1. The lowest BCUT2D eigenvalue weighted by Gasteiger charge is -2.04. The van der Waals surface area contributed by atoms with E-state index in [2.05, 4.69) is 6.07 Å². The van der Waals surface area contributed by atoms with Gasteiger partial charge >= 0.3 is 5.97 Å². The van der Waals surface area contributed by atoms with E-state index >= 15 is 0 Å². The highest BCUT2D eigenvalue weighted by atomic mass is 35.5. The van der Waals surface area contributed by atoms with E-state index in [1.54, 1.807) is 30.0 Å². The minimum atomic E-state index is -0.988. The Morgan fingerprint density at radius 1 is 0.889 bits per heavy atom. The molecule has 3 aromatic rings. The first-order valence-electron chi connectivity index (χ1n) is 8.04. The van der Waals surface area contributed by atoms with Crippen LogP contribution in [0.25, 0.3) is 11.6 Å². The number of carboxylic acid groups (broad SMARTS) is 1. The minimum absolute atomic E-state index is 0.194. The van der Waals surface area contributed by atoms with Gasteiger partial charge in [0.1, 0.15) is 0 Å². The summed E-state index contributed by atoms with van der Waals surface area (Å²) in [7, 11) is 0. The van der Waals surface area contributed by atoms with Crippen LogP contribution in [0.1, 0.15) is 21.5 Å². The van der Waals surface area contributed by atoms with Gasteiger partial charge in [-0.05, 0) is 65.7 Å². The molecule has 0 aliphatic rings. The number of benzene rings is 3. The average Bonchev–Trinajstić information content (AvgIpc) is 2.69. The van der Waals surface area contributed by atoms with Crippen LogP contribution in [0.4, 0.5) is 0 Å². The molecule has 0 radical (unpaired) electrons. The molecule has 0 bridgehead atoms. The smallest absolute Gasteiger partial charge is 0.335 e. The van der Waals surface area contributed by atoms with Gasteiger partial charge in [-0.15, -0.1) is 0 Å². The summed E-state index contributed by atoms with van der Waals surface area (Å²) in [6.45, 7) is 0. The van der Waals surface area contributed by atoms with Gasteiger partial charge in [0.05, 0.1) is 17.2 Å². The van der Waals surface area contributed by atoms with Crippen LogP contribution in [0.15, 0.2) is 82.6 Å². The number of halogens is 1. The van der Waals surface area contributed by atoms with Crippen molar-refractivity contribution in [3.63, 3.8) is 0 Å². The summed E-state index contributed by atoms with van der Waals surface area (Å²) in [5.41, 5.74) is 2.25. The summed E-state index contributed by atoms with van der Waals surface area (Å²) in [4.78, 5) is 13.1. The summed E-state index contributed by atoms with van der Waals surface area (Å²) in [5.74, 6) is -0.988. The van der Waals surface area contributed by atoms with E-state index < -0.39 is 5.97 Å². The molecule has 0 amide bonds. The van der Waals surface area contributed by atoms with Crippen LogP contribution in [0.5, 0.6) is 0 Å². The predicted octanol–water partition coefficient (Wildman–Crippen LogP) is 6.25. The Bertz CT molecular complexity index is 1020. The molecule has 0 aliphatic heterocycles. The molecule has 1 N–H and O–H groups in total. The van der Waals surface area contributed by atoms with E-state index in [-0.39, 0.29) is 5.56 Å². The van der Waals surface area contributed by atoms with Crippen molar-refractivity contribution < 1.29 is 9.90 Å². The first-order chi connectivity index (χ1) is 13.0. The molecule has 0 unspecified atom stereocenters. The summed E-state index contributed by atoms with van der Waals surface area (Å²) in [6, 6.07) is 24.0. The topological polar surface area (TPSA) is 61.1 Å². The summed E-state index contributed by atoms with van der Waals surface area (Å²) >= 11 is 7.53. The zero-order chi connectivity index (χ0) is 19.2. The first kappa shape index (κ1) is 18.8. The Kier molecular flexibility index (Phi) is 5.97. The Morgan fingerprint density at radius 2 is 1.41 bits per heavy atom. The number of allylic oxidation sites excluding steroid dienone is 1. The highest BCUT2D eigenvalue weighted by Gasteiger charge is 2.05. The number of rotatable bonds is 5. The third kappa shape index (κ3) is 5.01. The molecule has 3 rings (SSSR count). The van der Waals surface area contributed by atoms with Crippen LogP contribution in [0, 0.1) is 11.3 Å². The van der Waals surface area contributed by atoms with Gasteiger partial charge < -0.3 is 5.11 Å². The van der Waals surface area contributed by atoms with Crippen molar-refractivity contribution in [2.24, 2.45) is 0 Å². The number of hydrogen-bond acceptors (Lipinski definition) is 3. The van der Waals surface area contributed by atoms with E-state index in [9.17, 15) is 10.1 Å². The van der Waals surface area contributed by atoms with E-state index in [1.807, 2.05) is 48.5 Å². The van der Waals surface area contributed by atoms with Crippen molar-refractivity contribution in [1.29, 1.82) is 5.26 Å². The van der Waals surface area contributed by atoms with Crippen molar-refractivity contribution in [2.75, 3.05) is 0 Å². The number of aromatic carboxylic acids is 1. The van der Waals surface area contributed by atoms with Gasteiger partial charge in [0.15, 0.2) is 0 Å². The Balaban J connectivity index is 1.77. The second kappa shape index (κ2) is 8.59. The molecule has 0 saturated carbocycles. The molecular formula is C22H14ClNO2S. The van der Waals surface area contributed by atoms with Crippen LogP contribution in [0.2, 0.25) is 5.02 Å². The second-order valence-electron chi connectivity index (χ2n) is 5.68. The highest BCUT2D eigenvalue weighted by Crippen LogP contribution is 2.29. The number of carbonyl (C=O) groups is 1. The lowest BCUT2D eigenvalue weighted by atomic mass is 10.0. The Hall–Kier alpha value is -3.00. The molecule has 0 spiro atoms.